The van der Waals surface area contributed by atoms with E-state index in [2.05, 4.69) is 42.4 Å². The molecule has 3 nitrogen and oxygen atoms in total. The normalized spacial score (nSPS) is 10.7. The molecule has 0 N–H and O–H groups in total. The van der Waals surface area contributed by atoms with E-state index in [0.717, 1.165) is 28.1 Å². The largest absolute Gasteiger partial charge is 0.308 e. The highest BCUT2D eigenvalue weighted by Crippen LogP contribution is 2.14. The van der Waals surface area contributed by atoms with E-state index in [4.69, 9.17) is 12.2 Å². The van der Waals surface area contributed by atoms with Crippen molar-refractivity contribution in [3.05, 3.63) is 71.5 Å². The average molecular weight is 281 g/mol. The van der Waals surface area contributed by atoms with Crippen LogP contribution in [-0.2, 0) is 6.42 Å². The molecule has 0 saturated heterocycles. The number of aromatic nitrogens is 3. The molecule has 0 saturated carbocycles. The number of hydrogen-bond donors (Lipinski definition) is 0. The number of pyridine rings is 1. The summed E-state index contributed by atoms with van der Waals surface area (Å²) in [6, 6.07) is 14.1. The lowest BCUT2D eigenvalue weighted by Gasteiger charge is -2.08. The number of aryl methyl sites for hydroxylation is 1. The zero-order valence-electron chi connectivity index (χ0n) is 11.2. The van der Waals surface area contributed by atoms with Crippen molar-refractivity contribution >= 4 is 12.2 Å². The Morgan fingerprint density at radius 1 is 1.05 bits per heavy atom. The molecule has 2 aromatic heterocycles. The molecule has 0 aliphatic heterocycles. The highest BCUT2D eigenvalue weighted by molar-refractivity contribution is 7.71. The zero-order chi connectivity index (χ0) is 13.9. The van der Waals surface area contributed by atoms with Gasteiger partial charge in [0.05, 0.1) is 12.0 Å². The molecule has 0 fully saturated rings. The molecule has 0 spiro atoms. The predicted molar refractivity (Wildman–Crippen MR) is 83.1 cm³/mol. The van der Waals surface area contributed by atoms with Crippen molar-refractivity contribution in [1.82, 2.24) is 14.1 Å². The molecule has 3 rings (SSSR count). The van der Waals surface area contributed by atoms with Crippen molar-refractivity contribution in [2.24, 2.45) is 0 Å². The van der Waals surface area contributed by atoms with E-state index >= 15 is 0 Å². The third kappa shape index (κ3) is 2.42. The molecule has 20 heavy (non-hydrogen) atoms. The van der Waals surface area contributed by atoms with Gasteiger partial charge in [-0.05, 0) is 42.8 Å². The Morgan fingerprint density at radius 2 is 1.80 bits per heavy atom. The number of benzene rings is 1. The molecule has 0 aliphatic rings. The molecule has 0 unspecified atom stereocenters. The quantitative estimate of drug-likeness (QED) is 0.678. The van der Waals surface area contributed by atoms with Gasteiger partial charge in [0.15, 0.2) is 0 Å². The molecule has 4 heteroatoms. The summed E-state index contributed by atoms with van der Waals surface area (Å²) in [6.45, 7) is 2.10. The summed E-state index contributed by atoms with van der Waals surface area (Å²) in [5.41, 5.74) is 3.26. The number of nitrogens with zero attached hydrogens (tertiary/aromatic N) is 3. The van der Waals surface area contributed by atoms with Gasteiger partial charge in [0.25, 0.3) is 0 Å². The van der Waals surface area contributed by atoms with E-state index in [0.29, 0.717) is 0 Å². The molecule has 100 valence electrons. The fourth-order valence-corrected chi connectivity index (χ4v) is 2.36. The third-order valence-electron chi connectivity index (χ3n) is 3.25. The van der Waals surface area contributed by atoms with Gasteiger partial charge in [-0.15, -0.1) is 0 Å². The minimum absolute atomic E-state index is 0.802. The van der Waals surface area contributed by atoms with Crippen LogP contribution in [0, 0.1) is 4.64 Å². The molecule has 2 heterocycles. The van der Waals surface area contributed by atoms with E-state index in [1.165, 1.54) is 0 Å². The minimum Gasteiger partial charge on any atom is -0.308 e. The van der Waals surface area contributed by atoms with Crippen LogP contribution in [0.25, 0.3) is 11.4 Å². The van der Waals surface area contributed by atoms with Gasteiger partial charge in [0.1, 0.15) is 4.64 Å². The molecule has 0 atom stereocenters. The van der Waals surface area contributed by atoms with Gasteiger partial charge in [-0.3, -0.25) is 0 Å². The van der Waals surface area contributed by atoms with Crippen LogP contribution in [0.15, 0.2) is 61.2 Å². The van der Waals surface area contributed by atoms with Crippen molar-refractivity contribution in [2.75, 3.05) is 0 Å². The summed E-state index contributed by atoms with van der Waals surface area (Å²) in [7, 11) is 0. The average Bonchev–Trinajstić information content (AvgIpc) is 2.97. The van der Waals surface area contributed by atoms with E-state index in [9.17, 15) is 0 Å². The molecule has 1 aromatic carbocycles. The van der Waals surface area contributed by atoms with Gasteiger partial charge in [0, 0.05) is 23.8 Å². The Balaban J connectivity index is 1.95. The molecule has 0 radical (unpaired) electrons. The first-order chi connectivity index (χ1) is 9.78. The standard InChI is InChI=1S/C16H15N3S/c1-2-13-11-18(12-17-13)14-6-8-15(9-7-14)19-10-4-3-5-16(19)20/h3-12H,2H2,1H3. The van der Waals surface area contributed by atoms with Gasteiger partial charge in [-0.1, -0.05) is 25.2 Å². The summed E-state index contributed by atoms with van der Waals surface area (Å²) < 4.78 is 4.83. The van der Waals surface area contributed by atoms with Gasteiger partial charge < -0.3 is 9.13 Å². The molecular weight excluding hydrogens is 266 g/mol. The van der Waals surface area contributed by atoms with Crippen molar-refractivity contribution in [3.63, 3.8) is 0 Å². The maximum absolute atomic E-state index is 5.33. The van der Waals surface area contributed by atoms with E-state index in [-0.39, 0.29) is 0 Å². The van der Waals surface area contributed by atoms with E-state index in [1.807, 2.05) is 39.9 Å². The smallest absolute Gasteiger partial charge is 0.110 e. The number of imidazole rings is 1. The van der Waals surface area contributed by atoms with Crippen molar-refractivity contribution in [3.8, 4) is 11.4 Å². The SMILES string of the molecule is CCc1cn(-c2ccc(-n3ccccc3=S)cc2)cn1. The number of hydrogen-bond acceptors (Lipinski definition) is 2. The van der Waals surface area contributed by atoms with Gasteiger partial charge >= 0.3 is 0 Å². The summed E-state index contributed by atoms with van der Waals surface area (Å²) in [6.07, 6.45) is 6.83. The van der Waals surface area contributed by atoms with E-state index in [1.54, 1.807) is 0 Å². The predicted octanol–water partition coefficient (Wildman–Crippen LogP) is 3.95. The third-order valence-corrected chi connectivity index (χ3v) is 3.58. The molecule has 0 bridgehead atoms. The Bertz CT molecular complexity index is 769. The van der Waals surface area contributed by atoms with Crippen LogP contribution in [0.4, 0.5) is 0 Å². The van der Waals surface area contributed by atoms with E-state index < -0.39 is 0 Å². The lowest BCUT2D eigenvalue weighted by molar-refractivity contribution is 1.01. The Morgan fingerprint density at radius 3 is 2.45 bits per heavy atom. The summed E-state index contributed by atoms with van der Waals surface area (Å²) in [5.74, 6) is 0. The van der Waals surface area contributed by atoms with Crippen LogP contribution in [0.2, 0.25) is 0 Å². The van der Waals surface area contributed by atoms with Gasteiger partial charge in [-0.25, -0.2) is 4.98 Å². The second-order valence-corrected chi connectivity index (χ2v) is 4.97. The first-order valence-electron chi connectivity index (χ1n) is 6.59. The molecule has 0 amide bonds. The highest BCUT2D eigenvalue weighted by atomic mass is 32.1. The maximum Gasteiger partial charge on any atom is 0.110 e. The summed E-state index contributed by atoms with van der Waals surface area (Å²) in [4.78, 5) is 4.35. The highest BCUT2D eigenvalue weighted by Gasteiger charge is 2.00. The second-order valence-electron chi connectivity index (χ2n) is 4.55. The van der Waals surface area contributed by atoms with Crippen LogP contribution in [0.1, 0.15) is 12.6 Å². The fraction of sp³-hybridized carbons (Fsp3) is 0.125. The second kappa shape index (κ2) is 5.43. The van der Waals surface area contributed by atoms with Gasteiger partial charge in [0.2, 0.25) is 0 Å². The lowest BCUT2D eigenvalue weighted by atomic mass is 10.2. The first-order valence-corrected chi connectivity index (χ1v) is 7.00. The van der Waals surface area contributed by atoms with Crippen LogP contribution in [0.5, 0.6) is 0 Å². The van der Waals surface area contributed by atoms with Crippen LogP contribution in [0.3, 0.4) is 0 Å². The van der Waals surface area contributed by atoms with Crippen molar-refractivity contribution in [2.45, 2.75) is 13.3 Å². The minimum atomic E-state index is 0.802. The summed E-state index contributed by atoms with van der Waals surface area (Å²) >= 11 is 5.33. The van der Waals surface area contributed by atoms with Gasteiger partial charge in [-0.2, -0.15) is 0 Å². The Labute approximate surface area is 123 Å². The molecule has 0 aliphatic carbocycles. The zero-order valence-corrected chi connectivity index (χ0v) is 12.0. The van der Waals surface area contributed by atoms with Crippen molar-refractivity contribution in [1.29, 1.82) is 0 Å². The summed E-state index contributed by atoms with van der Waals surface area (Å²) in [5, 5.41) is 0. The fourth-order valence-electron chi connectivity index (χ4n) is 2.11. The molecular formula is C16H15N3S. The Kier molecular flexibility index (Phi) is 3.48. The number of rotatable bonds is 3. The topological polar surface area (TPSA) is 22.8 Å². The first kappa shape index (κ1) is 12.8. The monoisotopic (exact) mass is 281 g/mol. The van der Waals surface area contributed by atoms with Crippen LogP contribution < -0.4 is 0 Å². The molecule has 3 aromatic rings. The van der Waals surface area contributed by atoms with Crippen LogP contribution in [-0.4, -0.2) is 14.1 Å². The van der Waals surface area contributed by atoms with Crippen molar-refractivity contribution < 1.29 is 0 Å². The lowest BCUT2D eigenvalue weighted by Crippen LogP contribution is -1.96. The Hall–Kier alpha value is -2.20. The maximum atomic E-state index is 5.33. The van der Waals surface area contributed by atoms with Crippen LogP contribution >= 0.6 is 12.2 Å².